The fraction of sp³-hybridized carbons (Fsp3) is 0.243. The van der Waals surface area contributed by atoms with Crippen molar-refractivity contribution in [3.05, 3.63) is 144 Å². The van der Waals surface area contributed by atoms with Gasteiger partial charge in [-0.15, -0.1) is 0 Å². The van der Waals surface area contributed by atoms with E-state index in [1.165, 1.54) is 7.11 Å². The Morgan fingerprint density at radius 1 is 0.500 bits per heavy atom. The maximum atomic E-state index is 13.9. The highest BCUT2D eigenvalue weighted by Crippen LogP contribution is 2.10. The number of methoxy groups -OCH3 is 1. The average Bonchev–Trinajstić information content (AvgIpc) is 3.08. The predicted molar refractivity (Wildman–Crippen MR) is 176 cm³/mol. The lowest BCUT2D eigenvalue weighted by Crippen LogP contribution is -2.58. The minimum Gasteiger partial charge on any atom is -0.467 e. The maximum Gasteiger partial charge on any atom is 0.328 e. The lowest BCUT2D eigenvalue weighted by Gasteiger charge is -2.26. The number of ether oxygens (including phenoxy) is 1. The van der Waals surface area contributed by atoms with E-state index in [9.17, 15) is 19.2 Å². The third-order valence-electron chi connectivity index (χ3n) is 7.55. The van der Waals surface area contributed by atoms with Gasteiger partial charge in [-0.25, -0.2) is 4.79 Å². The molecular weight excluding hydrogens is 580 g/mol. The van der Waals surface area contributed by atoms with E-state index in [0.29, 0.717) is 6.42 Å². The van der Waals surface area contributed by atoms with Gasteiger partial charge in [0.15, 0.2) is 0 Å². The summed E-state index contributed by atoms with van der Waals surface area (Å²) in [6.07, 6.45) is 0.824. The summed E-state index contributed by atoms with van der Waals surface area (Å²) in [6, 6.07) is 33.2. The Balaban J connectivity index is 1.55. The molecule has 5 N–H and O–H groups in total. The smallest absolute Gasteiger partial charge is 0.328 e. The molecule has 46 heavy (non-hydrogen) atoms. The maximum absolute atomic E-state index is 13.9. The number of hydrogen-bond acceptors (Lipinski definition) is 6. The summed E-state index contributed by atoms with van der Waals surface area (Å²) in [5.74, 6) is -2.21. The number of hydrogen-bond donors (Lipinski definition) is 4. The molecule has 4 aromatic carbocycles. The molecule has 0 radical (unpaired) electrons. The van der Waals surface area contributed by atoms with Crippen molar-refractivity contribution < 1.29 is 23.9 Å². The molecule has 9 heteroatoms. The molecule has 3 amide bonds. The first-order valence-electron chi connectivity index (χ1n) is 15.2. The van der Waals surface area contributed by atoms with Gasteiger partial charge < -0.3 is 26.4 Å². The third-order valence-corrected chi connectivity index (χ3v) is 7.55. The van der Waals surface area contributed by atoms with Crippen LogP contribution in [0.4, 0.5) is 0 Å². The van der Waals surface area contributed by atoms with E-state index >= 15 is 0 Å². The predicted octanol–water partition coefficient (Wildman–Crippen LogP) is 2.91. The summed E-state index contributed by atoms with van der Waals surface area (Å²) in [4.78, 5) is 53.6. The zero-order valence-electron chi connectivity index (χ0n) is 25.8. The van der Waals surface area contributed by atoms with Gasteiger partial charge in [-0.3, -0.25) is 14.4 Å². The van der Waals surface area contributed by atoms with E-state index in [2.05, 4.69) is 16.0 Å². The second-order valence-electron chi connectivity index (χ2n) is 11.1. The molecule has 0 aliphatic carbocycles. The molecule has 4 atom stereocenters. The number of esters is 1. The number of amides is 3. The first-order valence-corrected chi connectivity index (χ1v) is 15.2. The fourth-order valence-electron chi connectivity index (χ4n) is 5.09. The topological polar surface area (TPSA) is 140 Å². The molecule has 4 aromatic rings. The van der Waals surface area contributed by atoms with Gasteiger partial charge >= 0.3 is 5.97 Å². The van der Waals surface area contributed by atoms with E-state index < -0.39 is 47.9 Å². The lowest BCUT2D eigenvalue weighted by molar-refractivity contribution is -0.145. The van der Waals surface area contributed by atoms with Crippen LogP contribution >= 0.6 is 0 Å². The van der Waals surface area contributed by atoms with Crippen LogP contribution in [0.25, 0.3) is 0 Å². The van der Waals surface area contributed by atoms with Gasteiger partial charge in [0.25, 0.3) is 0 Å². The number of nitrogens with one attached hydrogen (secondary N) is 3. The largest absolute Gasteiger partial charge is 0.467 e. The molecule has 0 aliphatic rings. The summed E-state index contributed by atoms with van der Waals surface area (Å²) in [5.41, 5.74) is 9.59. The van der Waals surface area contributed by atoms with Crippen molar-refractivity contribution in [2.45, 2.75) is 49.9 Å². The molecule has 0 aromatic heterocycles. The third kappa shape index (κ3) is 10.4. The molecule has 0 saturated heterocycles. The van der Waals surface area contributed by atoms with Gasteiger partial charge in [-0.05, 0) is 28.7 Å². The van der Waals surface area contributed by atoms with Crippen LogP contribution in [0.15, 0.2) is 121 Å². The van der Waals surface area contributed by atoms with Crippen molar-refractivity contribution in [2.24, 2.45) is 5.73 Å². The molecule has 4 rings (SSSR count). The van der Waals surface area contributed by atoms with Gasteiger partial charge in [0.1, 0.15) is 18.1 Å². The quantitative estimate of drug-likeness (QED) is 0.151. The second kappa shape index (κ2) is 17.3. The summed E-state index contributed by atoms with van der Waals surface area (Å²) in [6.45, 7) is 0. The van der Waals surface area contributed by atoms with Crippen LogP contribution in [-0.2, 0) is 49.6 Å². The van der Waals surface area contributed by atoms with Crippen LogP contribution in [0.3, 0.4) is 0 Å². The number of benzene rings is 4. The van der Waals surface area contributed by atoms with E-state index in [1.807, 2.05) is 121 Å². The molecule has 0 saturated carbocycles. The van der Waals surface area contributed by atoms with E-state index in [4.69, 9.17) is 10.5 Å². The van der Waals surface area contributed by atoms with Crippen LogP contribution in [0.2, 0.25) is 0 Å². The zero-order chi connectivity index (χ0) is 32.7. The Morgan fingerprint density at radius 2 is 0.804 bits per heavy atom. The van der Waals surface area contributed by atoms with E-state index in [-0.39, 0.29) is 19.3 Å². The second-order valence-corrected chi connectivity index (χ2v) is 11.1. The standard InChI is InChI=1S/C37H40N4O5/c1-46-37(45)33(25-29-20-12-5-13-21-29)41-36(44)32(24-28-18-10-4-11-19-28)40-35(43)31(23-27-16-8-3-9-17-27)39-34(42)30(38)22-26-14-6-2-7-15-26/h2-21,30-33H,22-25,38H2,1H3,(H,39,42)(H,40,43)(H,41,44)/t30-,31-,32-,33-/m0/s1. The highest BCUT2D eigenvalue weighted by Gasteiger charge is 2.31. The Bertz CT molecular complexity index is 1550. The van der Waals surface area contributed by atoms with Gasteiger partial charge in [0.05, 0.1) is 13.2 Å². The molecule has 9 nitrogen and oxygen atoms in total. The van der Waals surface area contributed by atoms with Crippen molar-refractivity contribution in [1.29, 1.82) is 0 Å². The van der Waals surface area contributed by atoms with Gasteiger partial charge in [-0.1, -0.05) is 121 Å². The average molecular weight is 621 g/mol. The van der Waals surface area contributed by atoms with Crippen molar-refractivity contribution in [3.8, 4) is 0 Å². The highest BCUT2D eigenvalue weighted by atomic mass is 16.5. The van der Waals surface area contributed by atoms with E-state index in [1.54, 1.807) is 0 Å². The summed E-state index contributed by atoms with van der Waals surface area (Å²) in [7, 11) is 1.26. The van der Waals surface area contributed by atoms with Gasteiger partial charge in [0.2, 0.25) is 17.7 Å². The Hall–Kier alpha value is -5.28. The van der Waals surface area contributed by atoms with Crippen molar-refractivity contribution in [1.82, 2.24) is 16.0 Å². The minimum atomic E-state index is -1.06. The molecule has 0 unspecified atom stereocenters. The zero-order valence-corrected chi connectivity index (χ0v) is 25.8. The van der Waals surface area contributed by atoms with Crippen LogP contribution in [0, 0.1) is 0 Å². The number of carbonyl (C=O) groups is 4. The molecule has 0 spiro atoms. The van der Waals surface area contributed by atoms with Crippen molar-refractivity contribution >= 4 is 23.7 Å². The number of rotatable bonds is 15. The van der Waals surface area contributed by atoms with Crippen LogP contribution < -0.4 is 21.7 Å². The molecule has 238 valence electrons. The van der Waals surface area contributed by atoms with Gasteiger partial charge in [-0.2, -0.15) is 0 Å². The molecule has 0 fully saturated rings. The first kappa shape index (κ1) is 33.6. The summed E-state index contributed by atoms with van der Waals surface area (Å²) >= 11 is 0. The molecule has 0 aliphatic heterocycles. The Labute approximate surface area is 269 Å². The minimum absolute atomic E-state index is 0.150. The summed E-state index contributed by atoms with van der Waals surface area (Å²) < 4.78 is 4.98. The van der Waals surface area contributed by atoms with Crippen molar-refractivity contribution in [3.63, 3.8) is 0 Å². The summed E-state index contributed by atoms with van der Waals surface area (Å²) in [5, 5.41) is 8.44. The number of carbonyl (C=O) groups excluding carboxylic acids is 4. The Morgan fingerprint density at radius 3 is 1.17 bits per heavy atom. The van der Waals surface area contributed by atoms with Crippen LogP contribution in [-0.4, -0.2) is 55.0 Å². The van der Waals surface area contributed by atoms with Crippen LogP contribution in [0.5, 0.6) is 0 Å². The fourth-order valence-corrected chi connectivity index (χ4v) is 5.09. The molecule has 0 bridgehead atoms. The SMILES string of the molecule is COC(=O)[C@H](Cc1ccccc1)NC(=O)[C@H](Cc1ccccc1)NC(=O)[C@H](Cc1ccccc1)NC(=O)[C@@H](N)Cc1ccccc1. The van der Waals surface area contributed by atoms with Gasteiger partial charge in [0, 0.05) is 19.3 Å². The van der Waals surface area contributed by atoms with Crippen molar-refractivity contribution in [2.75, 3.05) is 7.11 Å². The molecular formula is C37H40N4O5. The van der Waals surface area contributed by atoms with E-state index in [0.717, 1.165) is 22.3 Å². The highest BCUT2D eigenvalue weighted by molar-refractivity contribution is 5.94. The first-order chi connectivity index (χ1) is 22.3. The lowest BCUT2D eigenvalue weighted by atomic mass is 10.0. The monoisotopic (exact) mass is 620 g/mol. The van der Waals surface area contributed by atoms with Crippen LogP contribution in [0.1, 0.15) is 22.3 Å². The Kier molecular flexibility index (Phi) is 12.6. The normalized spacial score (nSPS) is 13.3. The number of nitrogens with two attached hydrogens (primary N) is 1. The molecule has 0 heterocycles.